The van der Waals surface area contributed by atoms with Crippen molar-refractivity contribution in [2.45, 2.75) is 52.5 Å². The van der Waals surface area contributed by atoms with Gasteiger partial charge in [-0.3, -0.25) is 9.63 Å². The molecule has 0 radical (unpaired) electrons. The minimum Gasteiger partial charge on any atom is -0.345 e. The van der Waals surface area contributed by atoms with E-state index in [-0.39, 0.29) is 11.9 Å². The largest absolute Gasteiger partial charge is 0.345 e. The van der Waals surface area contributed by atoms with E-state index in [0.717, 1.165) is 32.4 Å². The van der Waals surface area contributed by atoms with E-state index in [0.29, 0.717) is 30.6 Å². The van der Waals surface area contributed by atoms with Crippen molar-refractivity contribution in [3.8, 4) is 0 Å². The van der Waals surface area contributed by atoms with Crippen LogP contribution in [0.3, 0.4) is 0 Å². The molecule has 2 heterocycles. The first-order valence-electron chi connectivity index (χ1n) is 8.04. The molecule has 0 bridgehead atoms. The molecule has 124 valence electrons. The monoisotopic (exact) mass is 310 g/mol. The van der Waals surface area contributed by atoms with Crippen LogP contribution in [0.15, 0.2) is 4.52 Å². The van der Waals surface area contributed by atoms with Gasteiger partial charge in [0.2, 0.25) is 11.8 Å². The third-order valence-electron chi connectivity index (χ3n) is 3.49. The van der Waals surface area contributed by atoms with Gasteiger partial charge in [-0.25, -0.2) is 0 Å². The van der Waals surface area contributed by atoms with Crippen LogP contribution in [0.2, 0.25) is 0 Å². The molecule has 0 saturated carbocycles. The van der Waals surface area contributed by atoms with Gasteiger partial charge < -0.3 is 9.84 Å². The molecule has 1 aromatic heterocycles. The number of nitrogens with zero attached hydrogens (tertiary/aromatic N) is 3. The van der Waals surface area contributed by atoms with Crippen LogP contribution >= 0.6 is 0 Å². The van der Waals surface area contributed by atoms with E-state index in [1.165, 1.54) is 0 Å². The average Bonchev–Trinajstić information content (AvgIpc) is 2.94. The van der Waals surface area contributed by atoms with Gasteiger partial charge in [-0.2, -0.15) is 10.0 Å². The van der Waals surface area contributed by atoms with E-state index < -0.39 is 0 Å². The van der Waals surface area contributed by atoms with Gasteiger partial charge in [-0.1, -0.05) is 19.0 Å². The van der Waals surface area contributed by atoms with Gasteiger partial charge in [-0.15, -0.1) is 0 Å². The van der Waals surface area contributed by atoms with E-state index in [9.17, 15) is 4.79 Å². The van der Waals surface area contributed by atoms with Crippen LogP contribution in [0.4, 0.5) is 0 Å². The summed E-state index contributed by atoms with van der Waals surface area (Å²) in [6.45, 7) is 8.31. The van der Waals surface area contributed by atoms with Crippen LogP contribution in [0.1, 0.15) is 57.8 Å². The van der Waals surface area contributed by atoms with Gasteiger partial charge in [-0.05, 0) is 25.7 Å². The molecule has 0 aromatic carbocycles. The second-order valence-corrected chi connectivity index (χ2v) is 6.16. The van der Waals surface area contributed by atoms with Gasteiger partial charge in [0, 0.05) is 25.9 Å². The molecule has 0 spiro atoms. The summed E-state index contributed by atoms with van der Waals surface area (Å²) in [5.41, 5.74) is 0. The van der Waals surface area contributed by atoms with Crippen molar-refractivity contribution in [1.82, 2.24) is 20.5 Å². The second-order valence-electron chi connectivity index (χ2n) is 6.16. The van der Waals surface area contributed by atoms with Gasteiger partial charge in [0.15, 0.2) is 5.82 Å². The predicted octanol–water partition coefficient (Wildman–Crippen LogP) is 1.86. The Bertz CT molecular complexity index is 469. The van der Waals surface area contributed by atoms with Crippen LogP contribution in [-0.4, -0.2) is 40.8 Å². The maximum Gasteiger partial charge on any atom is 0.248 e. The van der Waals surface area contributed by atoms with E-state index in [4.69, 9.17) is 9.36 Å². The summed E-state index contributed by atoms with van der Waals surface area (Å²) in [7, 11) is 0. The molecule has 0 aliphatic carbocycles. The Morgan fingerprint density at radius 2 is 2.18 bits per heavy atom. The third kappa shape index (κ3) is 5.38. The van der Waals surface area contributed by atoms with Crippen LogP contribution < -0.4 is 5.32 Å². The molecule has 7 heteroatoms. The third-order valence-corrected chi connectivity index (χ3v) is 3.49. The van der Waals surface area contributed by atoms with Crippen molar-refractivity contribution in [3.63, 3.8) is 0 Å². The zero-order valence-electron chi connectivity index (χ0n) is 13.7. The van der Waals surface area contributed by atoms with Crippen LogP contribution in [0.5, 0.6) is 0 Å². The van der Waals surface area contributed by atoms with Crippen LogP contribution in [-0.2, 0) is 16.1 Å². The zero-order chi connectivity index (χ0) is 15.9. The number of carbonyl (C=O) groups excluding carboxylic acids is 1. The van der Waals surface area contributed by atoms with Crippen molar-refractivity contribution < 1.29 is 14.2 Å². The first-order chi connectivity index (χ1) is 10.5. The number of nitrogens with one attached hydrogen (secondary N) is 1. The fourth-order valence-electron chi connectivity index (χ4n) is 2.32. The van der Waals surface area contributed by atoms with Crippen LogP contribution in [0.25, 0.3) is 0 Å². The quantitative estimate of drug-likeness (QED) is 0.828. The number of hydrogen-bond acceptors (Lipinski definition) is 6. The summed E-state index contributed by atoms with van der Waals surface area (Å²) in [4.78, 5) is 21.8. The number of hydrogen-bond donors (Lipinski definition) is 1. The minimum absolute atomic E-state index is 0.0368. The first-order valence-corrected chi connectivity index (χ1v) is 8.04. The van der Waals surface area contributed by atoms with Gasteiger partial charge in [0.1, 0.15) is 6.04 Å². The Hall–Kier alpha value is -1.47. The zero-order valence-corrected chi connectivity index (χ0v) is 13.7. The van der Waals surface area contributed by atoms with Gasteiger partial charge in [0.05, 0.1) is 6.61 Å². The minimum atomic E-state index is -0.275. The first kappa shape index (κ1) is 16.9. The fraction of sp³-hybridized carbons (Fsp3) is 0.800. The highest BCUT2D eigenvalue weighted by atomic mass is 16.7. The topological polar surface area (TPSA) is 80.5 Å². The van der Waals surface area contributed by atoms with Crippen LogP contribution in [0, 0.1) is 5.92 Å². The molecule has 2 rings (SSSR count). The fourth-order valence-corrected chi connectivity index (χ4v) is 2.32. The predicted molar refractivity (Wildman–Crippen MR) is 80.8 cm³/mol. The molecule has 1 aliphatic rings. The smallest absolute Gasteiger partial charge is 0.248 e. The summed E-state index contributed by atoms with van der Waals surface area (Å²) in [6, 6.07) is -0.275. The lowest BCUT2D eigenvalue weighted by atomic mass is 10.1. The molecule has 1 fully saturated rings. The number of carbonyl (C=O) groups is 1. The Labute approximate surface area is 131 Å². The summed E-state index contributed by atoms with van der Waals surface area (Å²) < 4.78 is 5.21. The average molecular weight is 310 g/mol. The summed E-state index contributed by atoms with van der Waals surface area (Å²) >= 11 is 0. The molecule has 1 aromatic rings. The van der Waals surface area contributed by atoms with E-state index in [2.05, 4.69) is 29.3 Å². The summed E-state index contributed by atoms with van der Waals surface area (Å²) in [6.07, 6.45) is 3.39. The number of rotatable bonds is 7. The van der Waals surface area contributed by atoms with Gasteiger partial charge >= 0.3 is 0 Å². The molecule has 1 amide bonds. The molecule has 7 nitrogen and oxygen atoms in total. The van der Waals surface area contributed by atoms with Crippen molar-refractivity contribution in [1.29, 1.82) is 0 Å². The molecular weight excluding hydrogens is 284 g/mol. The molecule has 1 unspecified atom stereocenters. The lowest BCUT2D eigenvalue weighted by Crippen LogP contribution is -2.35. The number of amides is 1. The molecule has 22 heavy (non-hydrogen) atoms. The lowest BCUT2D eigenvalue weighted by molar-refractivity contribution is -0.181. The van der Waals surface area contributed by atoms with Gasteiger partial charge in [0.25, 0.3) is 0 Å². The number of hydroxylamine groups is 2. The molecule has 1 aliphatic heterocycles. The molecule has 1 N–H and O–H groups in total. The van der Waals surface area contributed by atoms with E-state index in [1.807, 2.05) is 12.0 Å². The number of aromatic nitrogens is 2. The molecule has 1 saturated heterocycles. The van der Waals surface area contributed by atoms with E-state index in [1.54, 1.807) is 0 Å². The maximum absolute atomic E-state index is 12.0. The second kappa shape index (κ2) is 8.24. The summed E-state index contributed by atoms with van der Waals surface area (Å²) in [5.74, 6) is 1.58. The highest BCUT2D eigenvalue weighted by Crippen LogP contribution is 2.12. The summed E-state index contributed by atoms with van der Waals surface area (Å²) in [5, 5.41) is 8.69. The standard InChI is InChI=1S/C15H26N4O3/c1-11(2)10-13-17-15(22-18-13)12(3)16-14(20)6-8-19-7-4-5-9-21-19/h11-12H,4-10H2,1-3H3,(H,16,20). The highest BCUT2D eigenvalue weighted by molar-refractivity contribution is 5.76. The molecule has 1 atom stereocenters. The van der Waals surface area contributed by atoms with Crippen molar-refractivity contribution >= 4 is 5.91 Å². The van der Waals surface area contributed by atoms with Crippen molar-refractivity contribution in [3.05, 3.63) is 11.7 Å². The normalized spacial score (nSPS) is 17.6. The Morgan fingerprint density at radius 3 is 2.86 bits per heavy atom. The lowest BCUT2D eigenvalue weighted by Gasteiger charge is -2.25. The van der Waals surface area contributed by atoms with Crippen molar-refractivity contribution in [2.75, 3.05) is 19.7 Å². The SMILES string of the molecule is CC(C)Cc1noc(C(C)NC(=O)CCN2CCCCO2)n1. The Balaban J connectivity index is 1.74. The Morgan fingerprint density at radius 1 is 1.36 bits per heavy atom. The highest BCUT2D eigenvalue weighted by Gasteiger charge is 2.18. The Kier molecular flexibility index (Phi) is 6.33. The maximum atomic E-state index is 12.0. The van der Waals surface area contributed by atoms with E-state index >= 15 is 0 Å². The van der Waals surface area contributed by atoms with Crippen molar-refractivity contribution in [2.24, 2.45) is 5.92 Å². The molecular formula is C15H26N4O3.